The molecule has 0 unspecified atom stereocenters. The summed E-state index contributed by atoms with van der Waals surface area (Å²) in [5.74, 6) is -3.22. The van der Waals surface area contributed by atoms with E-state index in [1.807, 2.05) is 0 Å². The van der Waals surface area contributed by atoms with Crippen LogP contribution in [0.1, 0.15) is 38.7 Å². The third-order valence-electron chi connectivity index (χ3n) is 4.66. The molecule has 192 valence electrons. The molecular weight excluding hydrogens is 480 g/mol. The Bertz CT molecular complexity index is 895. The van der Waals surface area contributed by atoms with Gasteiger partial charge in [0.05, 0.1) is 18.3 Å². The summed E-state index contributed by atoms with van der Waals surface area (Å²) < 4.78 is 5.08. The Hall–Kier alpha value is -3.47. The molecular formula is C23H31ClN4O7. The van der Waals surface area contributed by atoms with Gasteiger partial charge in [-0.25, -0.2) is 4.79 Å². The van der Waals surface area contributed by atoms with Crippen LogP contribution in [-0.4, -0.2) is 59.9 Å². The van der Waals surface area contributed by atoms with Gasteiger partial charge in [-0.3, -0.25) is 19.2 Å². The zero-order valence-corrected chi connectivity index (χ0v) is 20.4. The molecule has 0 radical (unpaired) electrons. The zero-order valence-electron chi connectivity index (χ0n) is 19.6. The molecule has 5 N–H and O–H groups in total. The molecule has 0 spiro atoms. The van der Waals surface area contributed by atoms with Crippen LogP contribution < -0.4 is 21.7 Å². The number of amides is 4. The fourth-order valence-electron chi connectivity index (χ4n) is 3.01. The number of aldehydes is 1. The normalized spacial score (nSPS) is 13.1. The SMILES string of the molecule is CC(C)C[C@H](NC(=O)[C@H](CC(N)=O)NC(=O)OCc1ccccc1)C(=O)N[C@H](C=O)CC(=O)CCl. The second-order valence-electron chi connectivity index (χ2n) is 8.25. The van der Waals surface area contributed by atoms with Gasteiger partial charge in [0.15, 0.2) is 0 Å². The maximum Gasteiger partial charge on any atom is 0.408 e. The monoisotopic (exact) mass is 510 g/mol. The molecule has 12 heteroatoms. The Morgan fingerprint density at radius 3 is 2.14 bits per heavy atom. The summed E-state index contributed by atoms with van der Waals surface area (Å²) >= 11 is 5.45. The lowest BCUT2D eigenvalue weighted by Gasteiger charge is -2.24. The van der Waals surface area contributed by atoms with E-state index < -0.39 is 54.1 Å². The number of carbonyl (C=O) groups is 6. The molecule has 1 aromatic rings. The Labute approximate surface area is 208 Å². The van der Waals surface area contributed by atoms with Gasteiger partial charge in [-0.1, -0.05) is 44.2 Å². The van der Waals surface area contributed by atoms with E-state index in [0.717, 1.165) is 0 Å². The summed E-state index contributed by atoms with van der Waals surface area (Å²) in [6.45, 7) is 3.55. The fraction of sp³-hybridized carbons (Fsp3) is 0.478. The maximum atomic E-state index is 12.9. The highest BCUT2D eigenvalue weighted by Crippen LogP contribution is 2.08. The fourth-order valence-corrected chi connectivity index (χ4v) is 3.12. The van der Waals surface area contributed by atoms with Gasteiger partial charge in [0.1, 0.15) is 30.8 Å². The van der Waals surface area contributed by atoms with Crippen molar-refractivity contribution in [3.8, 4) is 0 Å². The maximum absolute atomic E-state index is 12.9. The number of Topliss-reactive ketones (excluding diaryl/α,β-unsaturated/α-hetero) is 1. The second kappa shape index (κ2) is 15.4. The molecule has 0 aliphatic carbocycles. The number of carbonyl (C=O) groups excluding carboxylic acids is 6. The largest absolute Gasteiger partial charge is 0.445 e. The molecule has 0 aromatic heterocycles. The van der Waals surface area contributed by atoms with E-state index in [2.05, 4.69) is 16.0 Å². The van der Waals surface area contributed by atoms with Crippen LogP contribution in [-0.2, 0) is 35.3 Å². The van der Waals surface area contributed by atoms with E-state index in [0.29, 0.717) is 11.8 Å². The average Bonchev–Trinajstić information content (AvgIpc) is 2.81. The highest BCUT2D eigenvalue weighted by molar-refractivity contribution is 6.27. The van der Waals surface area contributed by atoms with Crippen molar-refractivity contribution in [3.05, 3.63) is 35.9 Å². The summed E-state index contributed by atoms with van der Waals surface area (Å²) in [5.41, 5.74) is 5.93. The van der Waals surface area contributed by atoms with Crippen molar-refractivity contribution in [1.82, 2.24) is 16.0 Å². The summed E-state index contributed by atoms with van der Waals surface area (Å²) in [5, 5.41) is 7.15. The number of alkyl halides is 1. The van der Waals surface area contributed by atoms with Crippen LogP contribution in [0, 0.1) is 5.92 Å². The summed E-state index contributed by atoms with van der Waals surface area (Å²) in [4.78, 5) is 72.1. The molecule has 0 saturated carbocycles. The minimum Gasteiger partial charge on any atom is -0.445 e. The van der Waals surface area contributed by atoms with Crippen LogP contribution in [0.3, 0.4) is 0 Å². The number of hydrogen-bond donors (Lipinski definition) is 4. The van der Waals surface area contributed by atoms with Gasteiger partial charge in [0, 0.05) is 6.42 Å². The van der Waals surface area contributed by atoms with Crippen molar-refractivity contribution in [1.29, 1.82) is 0 Å². The van der Waals surface area contributed by atoms with Gasteiger partial charge in [-0.05, 0) is 17.9 Å². The van der Waals surface area contributed by atoms with Crippen LogP contribution >= 0.6 is 11.6 Å². The zero-order chi connectivity index (χ0) is 26.4. The van der Waals surface area contributed by atoms with Gasteiger partial charge in [0.2, 0.25) is 17.7 Å². The first kappa shape index (κ1) is 29.6. The van der Waals surface area contributed by atoms with Crippen molar-refractivity contribution >= 4 is 47.5 Å². The van der Waals surface area contributed by atoms with Crippen LogP contribution in [0.5, 0.6) is 0 Å². The van der Waals surface area contributed by atoms with Crippen molar-refractivity contribution < 1.29 is 33.5 Å². The van der Waals surface area contributed by atoms with E-state index in [-0.39, 0.29) is 31.2 Å². The molecule has 4 amide bonds. The second-order valence-corrected chi connectivity index (χ2v) is 8.51. The number of benzene rings is 1. The molecule has 3 atom stereocenters. The van der Waals surface area contributed by atoms with Crippen molar-refractivity contribution in [2.45, 2.75) is 57.8 Å². The number of alkyl carbamates (subject to hydrolysis) is 1. The van der Waals surface area contributed by atoms with E-state index in [4.69, 9.17) is 22.1 Å². The number of rotatable bonds is 15. The Kier molecular flexibility index (Phi) is 13.0. The number of nitrogens with two attached hydrogens (primary N) is 1. The molecule has 0 heterocycles. The summed E-state index contributed by atoms with van der Waals surface area (Å²) in [7, 11) is 0. The lowest BCUT2D eigenvalue weighted by Crippen LogP contribution is -2.56. The van der Waals surface area contributed by atoms with E-state index in [9.17, 15) is 28.8 Å². The van der Waals surface area contributed by atoms with Crippen LogP contribution in [0.2, 0.25) is 0 Å². The Morgan fingerprint density at radius 2 is 1.60 bits per heavy atom. The smallest absolute Gasteiger partial charge is 0.408 e. The van der Waals surface area contributed by atoms with Crippen molar-refractivity contribution in [2.75, 3.05) is 5.88 Å². The topological polar surface area (TPSA) is 174 Å². The van der Waals surface area contributed by atoms with E-state index in [1.165, 1.54) is 0 Å². The molecule has 0 aliphatic heterocycles. The molecule has 0 aliphatic rings. The van der Waals surface area contributed by atoms with Crippen molar-refractivity contribution in [2.24, 2.45) is 11.7 Å². The third-order valence-corrected chi connectivity index (χ3v) is 4.95. The highest BCUT2D eigenvalue weighted by Gasteiger charge is 2.30. The number of ether oxygens (including phenoxy) is 1. The number of primary amides is 1. The molecule has 0 saturated heterocycles. The molecule has 0 bridgehead atoms. The first-order chi connectivity index (χ1) is 16.5. The molecule has 1 rings (SSSR count). The van der Waals surface area contributed by atoms with Gasteiger partial charge in [0.25, 0.3) is 0 Å². The van der Waals surface area contributed by atoms with Crippen LogP contribution in [0.25, 0.3) is 0 Å². The molecule has 0 fully saturated rings. The molecule has 35 heavy (non-hydrogen) atoms. The number of nitrogens with one attached hydrogen (secondary N) is 3. The minimum absolute atomic E-state index is 0.0522. The standard InChI is InChI=1S/C23H31ClN4O7/c1-14(2)8-18(21(32)26-16(12-29)9-17(30)11-24)27-22(33)19(10-20(25)31)28-23(34)35-13-15-6-4-3-5-7-15/h3-7,12,14,16,18-19H,8-11,13H2,1-2H3,(H2,25,31)(H,26,32)(H,27,33)(H,28,34)/t16-,18-,19-/m0/s1. The predicted octanol–water partition coefficient (Wildman–Crippen LogP) is 0.569. The number of ketones is 1. The summed E-state index contributed by atoms with van der Waals surface area (Å²) in [6, 6.07) is 5.17. The van der Waals surface area contributed by atoms with Gasteiger partial charge < -0.3 is 31.2 Å². The predicted molar refractivity (Wildman–Crippen MR) is 127 cm³/mol. The van der Waals surface area contributed by atoms with E-state index >= 15 is 0 Å². The first-order valence-electron chi connectivity index (χ1n) is 10.9. The minimum atomic E-state index is -1.40. The average molecular weight is 511 g/mol. The van der Waals surface area contributed by atoms with Crippen LogP contribution in [0.4, 0.5) is 4.79 Å². The quantitative estimate of drug-likeness (QED) is 0.197. The molecule has 11 nitrogen and oxygen atoms in total. The van der Waals surface area contributed by atoms with E-state index in [1.54, 1.807) is 44.2 Å². The van der Waals surface area contributed by atoms with Crippen LogP contribution in [0.15, 0.2) is 30.3 Å². The Morgan fingerprint density at radius 1 is 0.971 bits per heavy atom. The molecule has 1 aromatic carbocycles. The third kappa shape index (κ3) is 12.0. The highest BCUT2D eigenvalue weighted by atomic mass is 35.5. The summed E-state index contributed by atoms with van der Waals surface area (Å²) in [6.07, 6.45) is -1.21. The Balaban J connectivity index is 2.86. The van der Waals surface area contributed by atoms with Gasteiger partial charge in [-0.15, -0.1) is 11.6 Å². The lowest BCUT2D eigenvalue weighted by atomic mass is 10.0. The lowest BCUT2D eigenvalue weighted by molar-refractivity contribution is -0.132. The van der Waals surface area contributed by atoms with Gasteiger partial charge >= 0.3 is 6.09 Å². The number of hydrogen-bond acceptors (Lipinski definition) is 7. The van der Waals surface area contributed by atoms with Crippen molar-refractivity contribution in [3.63, 3.8) is 0 Å². The number of halogens is 1. The first-order valence-corrected chi connectivity index (χ1v) is 11.5. The van der Waals surface area contributed by atoms with Gasteiger partial charge in [-0.2, -0.15) is 0 Å².